The van der Waals surface area contributed by atoms with Crippen LogP contribution in [0, 0.1) is 12.8 Å². The lowest BCUT2D eigenvalue weighted by atomic mass is 10.1. The van der Waals surface area contributed by atoms with Crippen molar-refractivity contribution in [1.82, 2.24) is 19.7 Å². The summed E-state index contributed by atoms with van der Waals surface area (Å²) in [6.07, 6.45) is 0. The Hall–Kier alpha value is -2.25. The standard InChI is InChI=1S/C20H26N4O2S/c1-13(2)12-24(8-9-26-5)20(25)15-11-16(17-7-6-10-27-17)21-19-18(15)14(3)22-23(19)4/h6-7,10-11,13H,8-9,12H2,1-5H3. The summed E-state index contributed by atoms with van der Waals surface area (Å²) in [5.74, 6) is 0.372. The zero-order valence-corrected chi connectivity index (χ0v) is 17.3. The van der Waals surface area contributed by atoms with Crippen LogP contribution < -0.4 is 0 Å². The van der Waals surface area contributed by atoms with Gasteiger partial charge in [-0.05, 0) is 30.4 Å². The first-order valence-corrected chi connectivity index (χ1v) is 9.96. The van der Waals surface area contributed by atoms with Crippen molar-refractivity contribution in [3.05, 3.63) is 34.8 Å². The number of aryl methyl sites for hydroxylation is 2. The molecule has 0 radical (unpaired) electrons. The van der Waals surface area contributed by atoms with Gasteiger partial charge < -0.3 is 9.64 Å². The van der Waals surface area contributed by atoms with E-state index in [0.717, 1.165) is 27.3 Å². The number of methoxy groups -OCH3 is 1. The Kier molecular flexibility index (Phi) is 5.92. The summed E-state index contributed by atoms with van der Waals surface area (Å²) in [5, 5.41) is 7.34. The Morgan fingerprint density at radius 1 is 1.41 bits per heavy atom. The maximum Gasteiger partial charge on any atom is 0.254 e. The summed E-state index contributed by atoms with van der Waals surface area (Å²) in [6.45, 7) is 7.90. The van der Waals surface area contributed by atoms with E-state index >= 15 is 0 Å². The number of aromatic nitrogens is 3. The van der Waals surface area contributed by atoms with E-state index in [9.17, 15) is 4.79 Å². The molecule has 1 amide bonds. The fraction of sp³-hybridized carbons (Fsp3) is 0.450. The topological polar surface area (TPSA) is 60.2 Å². The highest BCUT2D eigenvalue weighted by Gasteiger charge is 2.24. The normalized spacial score (nSPS) is 11.5. The number of nitrogens with zero attached hydrogens (tertiary/aromatic N) is 4. The summed E-state index contributed by atoms with van der Waals surface area (Å²) in [4.78, 5) is 21.2. The van der Waals surface area contributed by atoms with E-state index < -0.39 is 0 Å². The van der Waals surface area contributed by atoms with E-state index in [2.05, 4.69) is 18.9 Å². The third kappa shape index (κ3) is 4.04. The second kappa shape index (κ2) is 8.19. The molecule has 0 aliphatic carbocycles. The average molecular weight is 387 g/mol. The van der Waals surface area contributed by atoms with Gasteiger partial charge in [-0.2, -0.15) is 5.10 Å². The van der Waals surface area contributed by atoms with Crippen LogP contribution in [0.25, 0.3) is 21.6 Å². The minimum atomic E-state index is 0.00190. The molecule has 3 rings (SSSR count). The largest absolute Gasteiger partial charge is 0.383 e. The molecule has 6 nitrogen and oxygen atoms in total. The number of thiophene rings is 1. The van der Waals surface area contributed by atoms with Gasteiger partial charge in [-0.3, -0.25) is 9.48 Å². The zero-order valence-electron chi connectivity index (χ0n) is 16.5. The molecule has 0 aliphatic rings. The fourth-order valence-electron chi connectivity index (χ4n) is 3.25. The quantitative estimate of drug-likeness (QED) is 0.620. The van der Waals surface area contributed by atoms with Crippen LogP contribution in [0.1, 0.15) is 29.9 Å². The van der Waals surface area contributed by atoms with E-state index in [0.29, 0.717) is 31.2 Å². The van der Waals surface area contributed by atoms with Crippen molar-refractivity contribution < 1.29 is 9.53 Å². The molecule has 3 aromatic heterocycles. The molecule has 0 unspecified atom stereocenters. The van der Waals surface area contributed by atoms with Gasteiger partial charge >= 0.3 is 0 Å². The summed E-state index contributed by atoms with van der Waals surface area (Å²) >= 11 is 1.61. The fourth-order valence-corrected chi connectivity index (χ4v) is 3.94. The van der Waals surface area contributed by atoms with Crippen molar-refractivity contribution in [2.45, 2.75) is 20.8 Å². The highest BCUT2D eigenvalue weighted by Crippen LogP contribution is 2.30. The first-order chi connectivity index (χ1) is 12.9. The van der Waals surface area contributed by atoms with Gasteiger partial charge in [-0.1, -0.05) is 19.9 Å². The summed E-state index contributed by atoms with van der Waals surface area (Å²) < 4.78 is 6.97. The van der Waals surface area contributed by atoms with Gasteiger partial charge in [-0.25, -0.2) is 4.98 Å². The van der Waals surface area contributed by atoms with Gasteiger partial charge in [0, 0.05) is 27.2 Å². The molecule has 0 saturated carbocycles. The number of carbonyl (C=O) groups is 1. The first kappa shape index (κ1) is 19.5. The molecule has 0 bridgehead atoms. The average Bonchev–Trinajstić information content (AvgIpc) is 3.26. The molecule has 7 heteroatoms. The molecule has 0 atom stereocenters. The van der Waals surface area contributed by atoms with Gasteiger partial charge in [-0.15, -0.1) is 11.3 Å². The molecular formula is C20H26N4O2S. The second-order valence-corrected chi connectivity index (χ2v) is 8.03. The van der Waals surface area contributed by atoms with E-state index in [4.69, 9.17) is 9.72 Å². The number of amides is 1. The predicted octanol–water partition coefficient (Wildman–Crippen LogP) is 3.75. The highest BCUT2D eigenvalue weighted by molar-refractivity contribution is 7.13. The summed E-state index contributed by atoms with van der Waals surface area (Å²) in [5.41, 5.74) is 3.01. The number of hydrogen-bond donors (Lipinski definition) is 0. The lowest BCUT2D eigenvalue weighted by Gasteiger charge is -2.25. The molecule has 3 aromatic rings. The van der Waals surface area contributed by atoms with E-state index in [-0.39, 0.29) is 5.91 Å². The Morgan fingerprint density at radius 3 is 2.81 bits per heavy atom. The molecule has 0 aliphatic heterocycles. The maximum absolute atomic E-state index is 13.5. The van der Waals surface area contributed by atoms with E-state index in [1.54, 1.807) is 23.1 Å². The molecule has 0 saturated heterocycles. The van der Waals surface area contributed by atoms with E-state index in [1.807, 2.05) is 42.5 Å². The van der Waals surface area contributed by atoms with Crippen LogP contribution in [-0.4, -0.2) is 52.4 Å². The van der Waals surface area contributed by atoms with Crippen molar-refractivity contribution in [3.8, 4) is 10.6 Å². The van der Waals surface area contributed by atoms with Crippen molar-refractivity contribution >= 4 is 28.3 Å². The summed E-state index contributed by atoms with van der Waals surface area (Å²) in [6, 6.07) is 5.92. The maximum atomic E-state index is 13.5. The molecule has 0 spiro atoms. The summed E-state index contributed by atoms with van der Waals surface area (Å²) in [7, 11) is 3.52. The zero-order chi connectivity index (χ0) is 19.6. The van der Waals surface area contributed by atoms with Crippen molar-refractivity contribution in [1.29, 1.82) is 0 Å². The molecule has 144 valence electrons. The first-order valence-electron chi connectivity index (χ1n) is 9.08. The Balaban J connectivity index is 2.14. The lowest BCUT2D eigenvalue weighted by Crippen LogP contribution is -2.37. The Morgan fingerprint density at radius 2 is 2.19 bits per heavy atom. The molecule has 27 heavy (non-hydrogen) atoms. The van der Waals surface area contributed by atoms with Crippen molar-refractivity contribution in [3.63, 3.8) is 0 Å². The van der Waals surface area contributed by atoms with Gasteiger partial charge in [0.15, 0.2) is 5.65 Å². The molecule has 0 aromatic carbocycles. The van der Waals surface area contributed by atoms with Crippen LogP contribution in [0.3, 0.4) is 0 Å². The highest BCUT2D eigenvalue weighted by atomic mass is 32.1. The van der Waals surface area contributed by atoms with Crippen LogP contribution in [0.5, 0.6) is 0 Å². The number of carbonyl (C=O) groups excluding carboxylic acids is 1. The number of hydrogen-bond acceptors (Lipinski definition) is 5. The number of pyridine rings is 1. The van der Waals surface area contributed by atoms with Crippen LogP contribution in [0.4, 0.5) is 0 Å². The molecule has 3 heterocycles. The van der Waals surface area contributed by atoms with Crippen LogP contribution >= 0.6 is 11.3 Å². The van der Waals surface area contributed by atoms with E-state index in [1.165, 1.54) is 0 Å². The number of rotatable bonds is 7. The third-order valence-electron chi connectivity index (χ3n) is 4.41. The molecular weight excluding hydrogens is 360 g/mol. The van der Waals surface area contributed by atoms with Gasteiger partial charge in [0.1, 0.15) is 0 Å². The van der Waals surface area contributed by atoms with Crippen LogP contribution in [0.2, 0.25) is 0 Å². The van der Waals surface area contributed by atoms with Gasteiger partial charge in [0.05, 0.1) is 33.8 Å². The van der Waals surface area contributed by atoms with Crippen LogP contribution in [0.15, 0.2) is 23.6 Å². The van der Waals surface area contributed by atoms with Crippen molar-refractivity contribution in [2.75, 3.05) is 26.8 Å². The minimum Gasteiger partial charge on any atom is -0.383 e. The van der Waals surface area contributed by atoms with Crippen LogP contribution in [-0.2, 0) is 11.8 Å². The monoisotopic (exact) mass is 386 g/mol. The predicted molar refractivity (Wildman–Crippen MR) is 109 cm³/mol. The number of fused-ring (bicyclic) bond motifs is 1. The lowest BCUT2D eigenvalue weighted by molar-refractivity contribution is 0.0674. The smallest absolute Gasteiger partial charge is 0.254 e. The minimum absolute atomic E-state index is 0.00190. The Bertz CT molecular complexity index is 931. The number of ether oxygens (including phenoxy) is 1. The SMILES string of the molecule is COCCN(CC(C)C)C(=O)c1cc(-c2cccs2)nc2c1c(C)nn2C. The van der Waals surface area contributed by atoms with Gasteiger partial charge in [0.25, 0.3) is 5.91 Å². The third-order valence-corrected chi connectivity index (χ3v) is 5.30. The Labute approximate surface area is 163 Å². The van der Waals surface area contributed by atoms with Gasteiger partial charge in [0.2, 0.25) is 0 Å². The molecule has 0 N–H and O–H groups in total. The second-order valence-electron chi connectivity index (χ2n) is 7.08. The molecule has 0 fully saturated rings. The van der Waals surface area contributed by atoms with Crippen molar-refractivity contribution in [2.24, 2.45) is 13.0 Å².